The third-order valence-corrected chi connectivity index (χ3v) is 3.90. The predicted molar refractivity (Wildman–Crippen MR) is 76.9 cm³/mol. The van der Waals surface area contributed by atoms with Crippen molar-refractivity contribution in [3.05, 3.63) is 29.8 Å². The minimum atomic E-state index is 0.589. The molecular weight excluding hydrogens is 238 g/mol. The van der Waals surface area contributed by atoms with Crippen LogP contribution in [0.25, 0.3) is 0 Å². The van der Waals surface area contributed by atoms with Gasteiger partial charge in [0.15, 0.2) is 0 Å². The maximum Gasteiger partial charge on any atom is 0.0474 e. The van der Waals surface area contributed by atoms with Gasteiger partial charge in [-0.15, -0.1) is 11.6 Å². The Morgan fingerprint density at radius 3 is 2.38 bits per heavy atom. The average molecular weight is 258 g/mol. The summed E-state index contributed by atoms with van der Waals surface area (Å²) in [6, 6.07) is 9.12. The zero-order valence-electron chi connectivity index (χ0n) is 10.2. The van der Waals surface area contributed by atoms with E-state index in [1.807, 2.05) is 11.8 Å². The molecule has 3 heteroatoms. The van der Waals surface area contributed by atoms with Gasteiger partial charge in [-0.1, -0.05) is 19.1 Å². The fourth-order valence-electron chi connectivity index (χ4n) is 1.73. The first-order valence-corrected chi connectivity index (χ1v) is 7.52. The van der Waals surface area contributed by atoms with Crippen LogP contribution in [0.2, 0.25) is 0 Å². The first kappa shape index (κ1) is 13.7. The van der Waals surface area contributed by atoms with Crippen molar-refractivity contribution in [3.8, 4) is 0 Å². The first-order valence-electron chi connectivity index (χ1n) is 5.59. The maximum atomic E-state index is 5.78. The molecule has 0 radical (unpaired) electrons. The fraction of sp³-hybridized carbons (Fsp3) is 0.538. The lowest BCUT2D eigenvalue weighted by molar-refractivity contribution is 0.673. The Bertz CT molecular complexity index is 299. The molecule has 0 fully saturated rings. The second-order valence-corrected chi connectivity index (χ2v) is 5.11. The third-order valence-electron chi connectivity index (χ3n) is 2.88. The van der Waals surface area contributed by atoms with E-state index in [0.29, 0.717) is 11.9 Å². The van der Waals surface area contributed by atoms with Crippen LogP contribution in [0.4, 0.5) is 5.69 Å². The van der Waals surface area contributed by atoms with Gasteiger partial charge in [0.05, 0.1) is 0 Å². The molecule has 0 heterocycles. The Morgan fingerprint density at radius 1 is 1.31 bits per heavy atom. The van der Waals surface area contributed by atoms with Crippen molar-refractivity contribution < 1.29 is 0 Å². The van der Waals surface area contributed by atoms with E-state index in [9.17, 15) is 0 Å². The number of benzene rings is 1. The van der Waals surface area contributed by atoms with E-state index in [-0.39, 0.29) is 0 Å². The molecule has 0 saturated carbocycles. The molecule has 1 rings (SSSR count). The highest BCUT2D eigenvalue weighted by Gasteiger charge is 2.12. The summed E-state index contributed by atoms with van der Waals surface area (Å²) < 4.78 is 0. The largest absolute Gasteiger partial charge is 0.371 e. The van der Waals surface area contributed by atoms with Crippen molar-refractivity contribution in [1.82, 2.24) is 0 Å². The quantitative estimate of drug-likeness (QED) is 0.709. The van der Waals surface area contributed by atoms with E-state index in [1.54, 1.807) is 0 Å². The summed E-state index contributed by atoms with van der Waals surface area (Å²) in [5.74, 6) is 1.76. The molecule has 1 atom stereocenters. The number of rotatable bonds is 6. The Kier molecular flexibility index (Phi) is 6.07. The van der Waals surface area contributed by atoms with Crippen LogP contribution in [0.15, 0.2) is 24.3 Å². The smallest absolute Gasteiger partial charge is 0.0474 e. The fourth-order valence-corrected chi connectivity index (χ4v) is 2.75. The van der Waals surface area contributed by atoms with E-state index in [2.05, 4.69) is 49.4 Å². The number of alkyl halides is 1. The van der Waals surface area contributed by atoms with Crippen molar-refractivity contribution in [2.75, 3.05) is 24.0 Å². The van der Waals surface area contributed by atoms with Crippen molar-refractivity contribution in [2.45, 2.75) is 25.3 Å². The van der Waals surface area contributed by atoms with Gasteiger partial charge >= 0.3 is 0 Å². The number of anilines is 1. The molecule has 0 amide bonds. The van der Waals surface area contributed by atoms with Crippen LogP contribution < -0.4 is 4.90 Å². The van der Waals surface area contributed by atoms with Gasteiger partial charge in [0.2, 0.25) is 0 Å². The number of hydrogen-bond donors (Lipinski definition) is 0. The van der Waals surface area contributed by atoms with Gasteiger partial charge in [-0.3, -0.25) is 0 Å². The lowest BCUT2D eigenvalue weighted by atomic mass is 10.1. The summed E-state index contributed by atoms with van der Waals surface area (Å²) in [5, 5.41) is 0. The van der Waals surface area contributed by atoms with Gasteiger partial charge in [-0.2, -0.15) is 11.8 Å². The average Bonchev–Trinajstić information content (AvgIpc) is 2.35. The van der Waals surface area contributed by atoms with Crippen LogP contribution in [0, 0.1) is 0 Å². The van der Waals surface area contributed by atoms with Crippen LogP contribution in [0.5, 0.6) is 0 Å². The Balaban J connectivity index is 2.73. The molecule has 0 aliphatic heterocycles. The molecule has 1 nitrogen and oxygen atoms in total. The molecule has 90 valence electrons. The summed E-state index contributed by atoms with van der Waals surface area (Å²) in [5.41, 5.74) is 2.45. The topological polar surface area (TPSA) is 3.24 Å². The minimum Gasteiger partial charge on any atom is -0.371 e. The molecule has 16 heavy (non-hydrogen) atoms. The number of halogens is 1. The van der Waals surface area contributed by atoms with Gasteiger partial charge in [-0.25, -0.2) is 0 Å². The van der Waals surface area contributed by atoms with Gasteiger partial charge in [0.1, 0.15) is 0 Å². The molecule has 0 spiro atoms. The monoisotopic (exact) mass is 257 g/mol. The SMILES string of the molecule is CCC(CSC)N(C)c1ccc(CCl)cc1. The van der Waals surface area contributed by atoms with Crippen molar-refractivity contribution in [2.24, 2.45) is 0 Å². The van der Waals surface area contributed by atoms with Crippen molar-refractivity contribution >= 4 is 29.1 Å². The van der Waals surface area contributed by atoms with E-state index < -0.39 is 0 Å². The number of nitrogens with zero attached hydrogens (tertiary/aromatic N) is 1. The second-order valence-electron chi connectivity index (χ2n) is 3.93. The third kappa shape index (κ3) is 3.60. The van der Waals surface area contributed by atoms with E-state index in [1.165, 1.54) is 23.4 Å². The molecule has 0 aromatic heterocycles. The molecule has 0 aliphatic carbocycles. The molecule has 0 aliphatic rings. The Hall–Kier alpha value is -0.340. The van der Waals surface area contributed by atoms with Gasteiger partial charge in [-0.05, 0) is 30.4 Å². The minimum absolute atomic E-state index is 0.589. The molecule has 0 N–H and O–H groups in total. The zero-order valence-corrected chi connectivity index (χ0v) is 11.8. The lowest BCUT2D eigenvalue weighted by Gasteiger charge is -2.29. The van der Waals surface area contributed by atoms with Crippen LogP contribution >= 0.6 is 23.4 Å². The maximum absolute atomic E-state index is 5.78. The summed E-state index contributed by atoms with van der Waals surface area (Å²) in [4.78, 5) is 2.36. The van der Waals surface area contributed by atoms with E-state index in [4.69, 9.17) is 11.6 Å². The molecule has 0 bridgehead atoms. The summed E-state index contributed by atoms with van der Waals surface area (Å²) >= 11 is 7.68. The Labute approximate surface area is 108 Å². The lowest BCUT2D eigenvalue weighted by Crippen LogP contribution is -2.33. The number of hydrogen-bond acceptors (Lipinski definition) is 2. The van der Waals surface area contributed by atoms with Crippen LogP contribution in [0.1, 0.15) is 18.9 Å². The normalized spacial score (nSPS) is 12.5. The number of thioether (sulfide) groups is 1. The summed E-state index contributed by atoms with van der Waals surface area (Å²) in [6.45, 7) is 2.24. The molecule has 1 aromatic rings. The molecule has 0 saturated heterocycles. The van der Waals surface area contributed by atoms with Crippen LogP contribution in [0.3, 0.4) is 0 Å². The van der Waals surface area contributed by atoms with Crippen molar-refractivity contribution in [1.29, 1.82) is 0 Å². The standard InChI is InChI=1S/C13H20ClNS/c1-4-12(10-16-3)15(2)13-7-5-11(9-14)6-8-13/h5-8,12H,4,9-10H2,1-3H3. The first-order chi connectivity index (χ1) is 7.72. The highest BCUT2D eigenvalue weighted by molar-refractivity contribution is 7.98. The highest BCUT2D eigenvalue weighted by Crippen LogP contribution is 2.20. The second kappa shape index (κ2) is 7.08. The summed E-state index contributed by atoms with van der Waals surface area (Å²) in [6.07, 6.45) is 3.34. The van der Waals surface area contributed by atoms with Gasteiger partial charge in [0.25, 0.3) is 0 Å². The zero-order chi connectivity index (χ0) is 12.0. The van der Waals surface area contributed by atoms with E-state index >= 15 is 0 Å². The van der Waals surface area contributed by atoms with Crippen LogP contribution in [-0.4, -0.2) is 25.1 Å². The molecule has 1 unspecified atom stereocenters. The molecular formula is C13H20ClNS. The van der Waals surface area contributed by atoms with Crippen molar-refractivity contribution in [3.63, 3.8) is 0 Å². The van der Waals surface area contributed by atoms with E-state index in [0.717, 1.165) is 0 Å². The summed E-state index contributed by atoms with van der Waals surface area (Å²) in [7, 11) is 2.17. The predicted octanol–water partition coefficient (Wildman–Crippen LogP) is 4.00. The molecule has 1 aromatic carbocycles. The van der Waals surface area contributed by atoms with Gasteiger partial charge < -0.3 is 4.90 Å². The Morgan fingerprint density at radius 2 is 1.94 bits per heavy atom. The highest BCUT2D eigenvalue weighted by atomic mass is 35.5. The van der Waals surface area contributed by atoms with Gasteiger partial charge in [0, 0.05) is 30.4 Å². The van der Waals surface area contributed by atoms with Crippen LogP contribution in [-0.2, 0) is 5.88 Å².